The van der Waals surface area contributed by atoms with Gasteiger partial charge in [-0.3, -0.25) is 4.79 Å². The average Bonchev–Trinajstić information content (AvgIpc) is 1.88. The maximum Gasteiger partial charge on any atom is 0.219 e. The van der Waals surface area contributed by atoms with Gasteiger partial charge in [0.25, 0.3) is 0 Å². The predicted molar refractivity (Wildman–Crippen MR) is 39.4 cm³/mol. The van der Waals surface area contributed by atoms with Crippen molar-refractivity contribution in [2.24, 2.45) is 0 Å². The van der Waals surface area contributed by atoms with Crippen LogP contribution in [-0.2, 0) is 4.79 Å². The van der Waals surface area contributed by atoms with E-state index in [-0.39, 0.29) is 11.9 Å². The van der Waals surface area contributed by atoms with Crippen LogP contribution in [0.3, 0.4) is 0 Å². The number of nitrogens with zero attached hydrogens (tertiary/aromatic N) is 1. The third-order valence-electron chi connectivity index (χ3n) is 1.75. The van der Waals surface area contributed by atoms with Gasteiger partial charge < -0.3 is 10.2 Å². The van der Waals surface area contributed by atoms with Crippen molar-refractivity contribution in [3.8, 4) is 0 Å². The molecule has 0 aromatic carbocycles. The van der Waals surface area contributed by atoms with Gasteiger partial charge in [-0.1, -0.05) is 0 Å². The summed E-state index contributed by atoms with van der Waals surface area (Å²) in [6.07, 6.45) is 0. The van der Waals surface area contributed by atoms with Gasteiger partial charge in [-0.25, -0.2) is 0 Å². The molecule has 1 amide bonds. The Balaban J connectivity index is 2.47. The smallest absolute Gasteiger partial charge is 0.219 e. The number of hydrogen-bond donors (Lipinski definition) is 1. The first-order valence-electron chi connectivity index (χ1n) is 3.53. The van der Waals surface area contributed by atoms with E-state index in [9.17, 15) is 4.79 Å². The predicted octanol–water partition coefficient (Wildman–Crippen LogP) is -0.359. The summed E-state index contributed by atoms with van der Waals surface area (Å²) in [5, 5.41) is 3.16. The molecule has 0 spiro atoms. The standard InChI is InChI=1S/C7H13N2O/c1-6-5-8-3-4-9(6)7(2)10/h6,8H,1,3-5H2,2H3. The fraction of sp³-hybridized carbons (Fsp3) is 0.714. The maximum absolute atomic E-state index is 10.9. The van der Waals surface area contributed by atoms with E-state index in [1.54, 1.807) is 11.8 Å². The summed E-state index contributed by atoms with van der Waals surface area (Å²) in [5.41, 5.74) is 0. The highest BCUT2D eigenvalue weighted by Gasteiger charge is 2.19. The molecule has 0 aromatic heterocycles. The molecule has 1 unspecified atom stereocenters. The average molecular weight is 141 g/mol. The molecule has 1 heterocycles. The lowest BCUT2D eigenvalue weighted by Crippen LogP contribution is -2.51. The zero-order valence-electron chi connectivity index (χ0n) is 6.26. The first-order valence-corrected chi connectivity index (χ1v) is 3.53. The molecule has 57 valence electrons. The molecule has 1 fully saturated rings. The molecular weight excluding hydrogens is 128 g/mol. The van der Waals surface area contributed by atoms with E-state index >= 15 is 0 Å². The van der Waals surface area contributed by atoms with Crippen molar-refractivity contribution in [1.29, 1.82) is 0 Å². The van der Waals surface area contributed by atoms with Crippen LogP contribution in [0.5, 0.6) is 0 Å². The van der Waals surface area contributed by atoms with E-state index in [1.807, 2.05) is 0 Å². The Morgan fingerprint density at radius 1 is 1.80 bits per heavy atom. The van der Waals surface area contributed by atoms with Gasteiger partial charge in [-0.2, -0.15) is 0 Å². The number of amides is 1. The van der Waals surface area contributed by atoms with Gasteiger partial charge in [0.05, 0.1) is 0 Å². The first-order chi connectivity index (χ1) is 4.72. The summed E-state index contributed by atoms with van der Waals surface area (Å²) < 4.78 is 0. The van der Waals surface area contributed by atoms with Crippen LogP contribution in [0.15, 0.2) is 0 Å². The Morgan fingerprint density at radius 3 is 2.90 bits per heavy atom. The Kier molecular flexibility index (Phi) is 2.27. The molecule has 1 aliphatic heterocycles. The molecule has 3 nitrogen and oxygen atoms in total. The molecular formula is C7H13N2O. The molecule has 0 saturated carbocycles. The molecule has 1 atom stereocenters. The zero-order chi connectivity index (χ0) is 7.56. The van der Waals surface area contributed by atoms with Crippen LogP contribution in [0.4, 0.5) is 0 Å². The van der Waals surface area contributed by atoms with Crippen LogP contribution >= 0.6 is 0 Å². The molecule has 1 radical (unpaired) electrons. The Labute approximate surface area is 61.4 Å². The molecule has 0 aromatic rings. The Bertz CT molecular complexity index is 136. The minimum atomic E-state index is 0.117. The molecule has 1 N–H and O–H groups in total. The van der Waals surface area contributed by atoms with Crippen LogP contribution < -0.4 is 5.32 Å². The van der Waals surface area contributed by atoms with E-state index in [0.29, 0.717) is 0 Å². The van der Waals surface area contributed by atoms with Gasteiger partial charge in [0.1, 0.15) is 0 Å². The molecule has 0 aliphatic carbocycles. The summed E-state index contributed by atoms with van der Waals surface area (Å²) in [4.78, 5) is 12.7. The molecule has 1 saturated heterocycles. The van der Waals surface area contributed by atoms with Crippen molar-refractivity contribution >= 4 is 5.91 Å². The van der Waals surface area contributed by atoms with Crippen molar-refractivity contribution in [2.45, 2.75) is 13.0 Å². The minimum absolute atomic E-state index is 0.117. The highest BCUT2D eigenvalue weighted by molar-refractivity contribution is 5.73. The summed E-state index contributed by atoms with van der Waals surface area (Å²) in [5.74, 6) is 0.126. The number of piperazine rings is 1. The van der Waals surface area contributed by atoms with E-state index in [1.165, 1.54) is 0 Å². The van der Waals surface area contributed by atoms with Crippen molar-refractivity contribution < 1.29 is 4.79 Å². The van der Waals surface area contributed by atoms with Crippen LogP contribution in [0, 0.1) is 6.92 Å². The lowest BCUT2D eigenvalue weighted by atomic mass is 10.2. The van der Waals surface area contributed by atoms with Crippen LogP contribution in [0.2, 0.25) is 0 Å². The van der Waals surface area contributed by atoms with Crippen molar-refractivity contribution in [3.63, 3.8) is 0 Å². The minimum Gasteiger partial charge on any atom is -0.337 e. The number of nitrogens with one attached hydrogen (secondary N) is 1. The molecule has 1 rings (SSSR count). The van der Waals surface area contributed by atoms with Gasteiger partial charge in [0, 0.05) is 32.6 Å². The van der Waals surface area contributed by atoms with E-state index in [4.69, 9.17) is 0 Å². The highest BCUT2D eigenvalue weighted by atomic mass is 16.2. The second-order valence-electron chi connectivity index (χ2n) is 2.57. The number of hydrogen-bond acceptors (Lipinski definition) is 2. The molecule has 3 heteroatoms. The summed E-state index contributed by atoms with van der Waals surface area (Å²) in [6.45, 7) is 7.94. The fourth-order valence-corrected chi connectivity index (χ4v) is 1.18. The van der Waals surface area contributed by atoms with Gasteiger partial charge in [-0.15, -0.1) is 0 Å². The fourth-order valence-electron chi connectivity index (χ4n) is 1.18. The molecule has 1 aliphatic rings. The van der Waals surface area contributed by atoms with E-state index in [2.05, 4.69) is 12.2 Å². The zero-order valence-corrected chi connectivity index (χ0v) is 6.26. The summed E-state index contributed by atoms with van der Waals surface area (Å²) in [6, 6.07) is 0.117. The number of rotatable bonds is 0. The monoisotopic (exact) mass is 141 g/mol. The third-order valence-corrected chi connectivity index (χ3v) is 1.75. The molecule has 0 bridgehead atoms. The van der Waals surface area contributed by atoms with Crippen molar-refractivity contribution in [1.82, 2.24) is 10.2 Å². The largest absolute Gasteiger partial charge is 0.337 e. The SMILES string of the molecule is [CH2]C1CNCCN1C(C)=O. The van der Waals surface area contributed by atoms with Crippen molar-refractivity contribution in [2.75, 3.05) is 19.6 Å². The lowest BCUT2D eigenvalue weighted by Gasteiger charge is -2.32. The van der Waals surface area contributed by atoms with Crippen LogP contribution in [0.1, 0.15) is 6.92 Å². The summed E-state index contributed by atoms with van der Waals surface area (Å²) >= 11 is 0. The number of carbonyl (C=O) groups is 1. The third kappa shape index (κ3) is 1.48. The normalized spacial score (nSPS) is 26.6. The topological polar surface area (TPSA) is 32.3 Å². The van der Waals surface area contributed by atoms with Gasteiger partial charge >= 0.3 is 0 Å². The second kappa shape index (κ2) is 3.01. The summed E-state index contributed by atoms with van der Waals surface area (Å²) in [7, 11) is 0. The quantitative estimate of drug-likeness (QED) is 0.499. The van der Waals surface area contributed by atoms with E-state index in [0.717, 1.165) is 19.6 Å². The van der Waals surface area contributed by atoms with Crippen LogP contribution in [-0.4, -0.2) is 36.5 Å². The van der Waals surface area contributed by atoms with Crippen molar-refractivity contribution in [3.05, 3.63) is 6.92 Å². The highest BCUT2D eigenvalue weighted by Crippen LogP contribution is 2.00. The van der Waals surface area contributed by atoms with Gasteiger partial charge in [0.15, 0.2) is 0 Å². The van der Waals surface area contributed by atoms with E-state index < -0.39 is 0 Å². The van der Waals surface area contributed by atoms with Crippen LogP contribution in [0.25, 0.3) is 0 Å². The Hall–Kier alpha value is -0.570. The Morgan fingerprint density at radius 2 is 2.50 bits per heavy atom. The molecule has 10 heavy (non-hydrogen) atoms. The first kappa shape index (κ1) is 7.54. The van der Waals surface area contributed by atoms with Gasteiger partial charge in [0.2, 0.25) is 5.91 Å². The lowest BCUT2D eigenvalue weighted by molar-refractivity contribution is -0.130. The maximum atomic E-state index is 10.9. The van der Waals surface area contributed by atoms with Gasteiger partial charge in [-0.05, 0) is 6.92 Å². The number of carbonyl (C=O) groups excluding carboxylic acids is 1. The second-order valence-corrected chi connectivity index (χ2v) is 2.57.